The fourth-order valence-electron chi connectivity index (χ4n) is 4.79. The molecule has 172 valence electrons. The molecule has 0 spiro atoms. The number of carboxylic acid groups (broad SMARTS) is 1. The summed E-state index contributed by atoms with van der Waals surface area (Å²) < 4.78 is 10.7. The number of carbonyl (C=O) groups excluding carboxylic acids is 2. The Morgan fingerprint density at radius 3 is 2.27 bits per heavy atom. The van der Waals surface area contributed by atoms with Gasteiger partial charge in [-0.15, -0.1) is 0 Å². The van der Waals surface area contributed by atoms with Crippen LogP contribution in [0.2, 0.25) is 0 Å². The molecule has 1 aliphatic heterocycles. The Morgan fingerprint density at radius 2 is 1.64 bits per heavy atom. The smallest absolute Gasteiger partial charge is 0.407 e. The van der Waals surface area contributed by atoms with Crippen molar-refractivity contribution in [2.45, 2.75) is 18.4 Å². The maximum atomic E-state index is 12.5. The zero-order valence-electron chi connectivity index (χ0n) is 18.1. The van der Waals surface area contributed by atoms with Crippen LogP contribution in [0.5, 0.6) is 0 Å². The third kappa shape index (κ3) is 4.43. The van der Waals surface area contributed by atoms with E-state index in [9.17, 15) is 14.4 Å². The Kier molecular flexibility index (Phi) is 5.76. The number of benzene rings is 2. The Morgan fingerprint density at radius 1 is 1.00 bits per heavy atom. The van der Waals surface area contributed by atoms with E-state index in [2.05, 4.69) is 29.6 Å². The second kappa shape index (κ2) is 8.86. The highest BCUT2D eigenvalue weighted by molar-refractivity contribution is 5.83. The van der Waals surface area contributed by atoms with Gasteiger partial charge in [-0.2, -0.15) is 0 Å². The third-order valence-electron chi connectivity index (χ3n) is 6.69. The summed E-state index contributed by atoms with van der Waals surface area (Å²) in [7, 11) is 0. The summed E-state index contributed by atoms with van der Waals surface area (Å²) in [5, 5.41) is 11.4. The number of rotatable bonds is 8. The number of carboxylic acids is 1. The van der Waals surface area contributed by atoms with E-state index in [1.165, 1.54) is 22.3 Å². The van der Waals surface area contributed by atoms with E-state index in [1.807, 2.05) is 24.3 Å². The van der Waals surface area contributed by atoms with E-state index in [1.54, 1.807) is 4.90 Å². The third-order valence-corrected chi connectivity index (χ3v) is 6.69. The van der Waals surface area contributed by atoms with E-state index in [-0.39, 0.29) is 43.0 Å². The van der Waals surface area contributed by atoms with Gasteiger partial charge in [0.05, 0.1) is 6.10 Å². The van der Waals surface area contributed by atoms with Crippen LogP contribution in [0.15, 0.2) is 48.5 Å². The molecule has 1 saturated carbocycles. The number of fused-ring (bicyclic) bond motifs is 3. The van der Waals surface area contributed by atoms with Crippen LogP contribution >= 0.6 is 0 Å². The van der Waals surface area contributed by atoms with Crippen LogP contribution in [-0.4, -0.2) is 66.9 Å². The van der Waals surface area contributed by atoms with Gasteiger partial charge in [0.15, 0.2) is 0 Å². The number of aliphatic carboxylic acids is 1. The number of alkyl carbamates (subject to hydrolysis) is 1. The molecule has 2 aliphatic carbocycles. The van der Waals surface area contributed by atoms with Gasteiger partial charge in [0.2, 0.25) is 5.91 Å². The molecule has 1 saturated heterocycles. The number of hydrogen-bond donors (Lipinski definition) is 2. The lowest BCUT2D eigenvalue weighted by atomic mass is 9.98. The molecule has 2 aromatic rings. The van der Waals surface area contributed by atoms with Crippen molar-refractivity contribution in [3.63, 3.8) is 0 Å². The molecule has 2 amide bonds. The first-order chi connectivity index (χ1) is 16.0. The minimum Gasteiger partial charge on any atom is -0.480 e. The van der Waals surface area contributed by atoms with Crippen molar-refractivity contribution in [1.82, 2.24) is 10.2 Å². The highest BCUT2D eigenvalue weighted by Gasteiger charge is 2.47. The van der Waals surface area contributed by atoms with Crippen molar-refractivity contribution in [1.29, 1.82) is 0 Å². The van der Waals surface area contributed by atoms with E-state index < -0.39 is 12.1 Å². The largest absolute Gasteiger partial charge is 0.480 e. The predicted molar refractivity (Wildman–Crippen MR) is 119 cm³/mol. The van der Waals surface area contributed by atoms with Crippen LogP contribution in [0, 0.1) is 11.8 Å². The molecular formula is C25H26N2O6. The molecule has 33 heavy (non-hydrogen) atoms. The summed E-state index contributed by atoms with van der Waals surface area (Å²) >= 11 is 0. The van der Waals surface area contributed by atoms with Crippen molar-refractivity contribution in [2.24, 2.45) is 11.8 Å². The molecule has 0 bridgehead atoms. The normalized spacial score (nSPS) is 21.0. The van der Waals surface area contributed by atoms with Crippen molar-refractivity contribution in [3.05, 3.63) is 59.7 Å². The number of amides is 2. The fraction of sp³-hybridized carbons (Fsp3) is 0.400. The van der Waals surface area contributed by atoms with Crippen LogP contribution in [0.4, 0.5) is 4.79 Å². The Labute approximate surface area is 191 Å². The van der Waals surface area contributed by atoms with Gasteiger partial charge in [0.25, 0.3) is 0 Å². The molecule has 0 radical (unpaired) electrons. The molecule has 8 nitrogen and oxygen atoms in total. The van der Waals surface area contributed by atoms with Gasteiger partial charge in [0, 0.05) is 31.5 Å². The second-order valence-electron chi connectivity index (χ2n) is 8.88. The van der Waals surface area contributed by atoms with Crippen molar-refractivity contribution < 1.29 is 29.0 Å². The van der Waals surface area contributed by atoms with Gasteiger partial charge >= 0.3 is 12.1 Å². The average Bonchev–Trinajstić information content (AvgIpc) is 3.50. The zero-order valence-corrected chi connectivity index (χ0v) is 18.1. The average molecular weight is 450 g/mol. The molecule has 8 heteroatoms. The van der Waals surface area contributed by atoms with Gasteiger partial charge in [0.1, 0.15) is 13.2 Å². The molecule has 0 aromatic heterocycles. The molecule has 2 aromatic carbocycles. The van der Waals surface area contributed by atoms with Crippen LogP contribution in [0.3, 0.4) is 0 Å². The predicted octanol–water partition coefficient (Wildman–Crippen LogP) is 2.47. The number of nitrogens with one attached hydrogen (secondary N) is 1. The van der Waals surface area contributed by atoms with E-state index in [0.29, 0.717) is 19.6 Å². The maximum Gasteiger partial charge on any atom is 0.407 e. The lowest BCUT2D eigenvalue weighted by molar-refractivity contribution is -0.155. The van der Waals surface area contributed by atoms with Crippen molar-refractivity contribution in [2.75, 3.05) is 32.8 Å². The van der Waals surface area contributed by atoms with Crippen molar-refractivity contribution >= 4 is 18.0 Å². The molecule has 2 N–H and O–H groups in total. The Hall–Kier alpha value is -3.39. The summed E-state index contributed by atoms with van der Waals surface area (Å²) in [6, 6.07) is 16.4. The fourth-order valence-corrected chi connectivity index (χ4v) is 4.79. The molecule has 1 heterocycles. The summed E-state index contributed by atoms with van der Waals surface area (Å²) in [6.45, 7) is 1.17. The number of likely N-dealkylation sites (tertiary alicyclic amines) is 1. The molecule has 3 aliphatic rings. The highest BCUT2D eigenvalue weighted by atomic mass is 16.5. The monoisotopic (exact) mass is 450 g/mol. The van der Waals surface area contributed by atoms with E-state index in [4.69, 9.17) is 14.6 Å². The summed E-state index contributed by atoms with van der Waals surface area (Å²) in [4.78, 5) is 37.0. The summed E-state index contributed by atoms with van der Waals surface area (Å²) in [5.74, 6) is -0.941. The van der Waals surface area contributed by atoms with Crippen molar-refractivity contribution in [3.8, 4) is 11.1 Å². The Balaban J connectivity index is 1.05. The number of ether oxygens (including phenoxy) is 2. The summed E-state index contributed by atoms with van der Waals surface area (Å²) in [5.41, 5.74) is 4.70. The zero-order chi connectivity index (χ0) is 22.9. The quantitative estimate of drug-likeness (QED) is 0.640. The lowest BCUT2D eigenvalue weighted by Crippen LogP contribution is -2.55. The minimum atomic E-state index is -1.01. The molecule has 2 unspecified atom stereocenters. The number of hydrogen-bond acceptors (Lipinski definition) is 5. The van der Waals surface area contributed by atoms with E-state index in [0.717, 1.165) is 6.42 Å². The topological polar surface area (TPSA) is 105 Å². The molecule has 5 rings (SSSR count). The first-order valence-electron chi connectivity index (χ1n) is 11.2. The summed E-state index contributed by atoms with van der Waals surface area (Å²) in [6.07, 6.45) is 0.0573. The Bertz CT molecular complexity index is 1030. The van der Waals surface area contributed by atoms with Crippen LogP contribution in [0.1, 0.15) is 23.5 Å². The standard InChI is InChI=1S/C25H26N2O6/c28-23(29)14-32-16-11-27(12-16)24(30)21-9-15(21)10-26-25(31)33-13-22-19-7-3-1-5-17(19)18-6-2-4-8-20(18)22/h1-8,15-16,21-22H,9-14H2,(H,26,31)(H,28,29). The highest BCUT2D eigenvalue weighted by Crippen LogP contribution is 2.44. The van der Waals surface area contributed by atoms with Crippen LogP contribution < -0.4 is 5.32 Å². The lowest BCUT2D eigenvalue weighted by Gasteiger charge is -2.38. The SMILES string of the molecule is O=C(O)COC1CN(C(=O)C2CC2CNC(=O)OCC2c3ccccc3-c3ccccc32)C1. The van der Waals surface area contributed by atoms with E-state index >= 15 is 0 Å². The first-order valence-corrected chi connectivity index (χ1v) is 11.2. The first kappa shape index (κ1) is 21.5. The van der Waals surface area contributed by atoms with Gasteiger partial charge in [-0.3, -0.25) is 4.79 Å². The van der Waals surface area contributed by atoms with Gasteiger partial charge < -0.3 is 24.8 Å². The van der Waals surface area contributed by atoms with Crippen LogP contribution in [0.25, 0.3) is 11.1 Å². The number of carbonyl (C=O) groups is 3. The van der Waals surface area contributed by atoms with Crippen LogP contribution in [-0.2, 0) is 19.1 Å². The molecular weight excluding hydrogens is 424 g/mol. The number of nitrogens with zero attached hydrogens (tertiary/aromatic N) is 1. The molecule has 2 fully saturated rings. The maximum absolute atomic E-state index is 12.5. The minimum absolute atomic E-state index is 0.0149. The second-order valence-corrected chi connectivity index (χ2v) is 8.88. The van der Waals surface area contributed by atoms with Gasteiger partial charge in [-0.1, -0.05) is 48.5 Å². The van der Waals surface area contributed by atoms with Gasteiger partial charge in [-0.05, 0) is 34.6 Å². The van der Waals surface area contributed by atoms with Gasteiger partial charge in [-0.25, -0.2) is 9.59 Å². The molecule has 2 atom stereocenters.